The topological polar surface area (TPSA) is 87.7 Å². The van der Waals surface area contributed by atoms with Crippen LogP contribution in [-0.4, -0.2) is 22.2 Å². The minimum absolute atomic E-state index is 0.308. The van der Waals surface area contributed by atoms with Crippen LogP contribution >= 0.6 is 0 Å². The van der Waals surface area contributed by atoms with Crippen LogP contribution in [0.25, 0.3) is 0 Å². The highest BCUT2D eigenvalue weighted by atomic mass is 15.0. The molecule has 19 heavy (non-hydrogen) atoms. The Bertz CT molecular complexity index is 607. The van der Waals surface area contributed by atoms with Gasteiger partial charge in [-0.05, 0) is 32.0 Å². The van der Waals surface area contributed by atoms with E-state index in [4.69, 9.17) is 11.1 Å². The van der Waals surface area contributed by atoms with Gasteiger partial charge in [-0.2, -0.15) is 0 Å². The van der Waals surface area contributed by atoms with Crippen molar-refractivity contribution in [2.24, 2.45) is 0 Å². The maximum atomic E-state index is 8.24. The van der Waals surface area contributed by atoms with E-state index in [2.05, 4.69) is 15.3 Å². The van der Waals surface area contributed by atoms with Crippen LogP contribution in [0.1, 0.15) is 23.9 Å². The van der Waals surface area contributed by atoms with Crippen molar-refractivity contribution >= 4 is 17.2 Å². The number of aromatic nitrogens is 2. The summed E-state index contributed by atoms with van der Waals surface area (Å²) in [6, 6.07) is 7.36. The van der Waals surface area contributed by atoms with Crippen LogP contribution < -0.4 is 11.1 Å². The Labute approximate surface area is 112 Å². The lowest BCUT2D eigenvalue weighted by Crippen LogP contribution is -2.10. The highest BCUT2D eigenvalue weighted by molar-refractivity contribution is 6.12. The lowest BCUT2D eigenvalue weighted by molar-refractivity contribution is 1.15. The van der Waals surface area contributed by atoms with Crippen molar-refractivity contribution in [3.05, 3.63) is 47.4 Å². The highest BCUT2D eigenvalue weighted by Gasteiger charge is 2.11. The molecule has 0 bridgehead atoms. The fourth-order valence-electron chi connectivity index (χ4n) is 1.78. The van der Waals surface area contributed by atoms with Gasteiger partial charge in [-0.1, -0.05) is 6.07 Å². The first-order valence-electron chi connectivity index (χ1n) is 6.14. The lowest BCUT2D eigenvalue weighted by Gasteiger charge is -2.09. The van der Waals surface area contributed by atoms with Crippen molar-refractivity contribution in [2.45, 2.75) is 13.8 Å². The third kappa shape index (κ3) is 2.88. The SMILES string of the molecule is CCNc1cccc(C(=N)c2cc(C)ncc2N)n1. The maximum absolute atomic E-state index is 8.24. The van der Waals surface area contributed by atoms with Crippen LogP contribution in [0.3, 0.4) is 0 Å². The molecule has 2 aromatic heterocycles. The average molecular weight is 255 g/mol. The Morgan fingerprint density at radius 2 is 2.21 bits per heavy atom. The molecule has 0 aliphatic heterocycles. The molecule has 4 N–H and O–H groups in total. The Morgan fingerprint density at radius 1 is 1.42 bits per heavy atom. The first-order valence-corrected chi connectivity index (χ1v) is 6.14. The minimum atomic E-state index is 0.308. The molecule has 0 aliphatic carbocycles. The van der Waals surface area contributed by atoms with Gasteiger partial charge in [0, 0.05) is 17.8 Å². The summed E-state index contributed by atoms with van der Waals surface area (Å²) < 4.78 is 0. The van der Waals surface area contributed by atoms with Gasteiger partial charge in [0.25, 0.3) is 0 Å². The number of pyridine rings is 2. The van der Waals surface area contributed by atoms with E-state index in [0.29, 0.717) is 22.7 Å². The quantitative estimate of drug-likeness (QED) is 0.731. The van der Waals surface area contributed by atoms with Crippen LogP contribution in [0, 0.1) is 12.3 Å². The summed E-state index contributed by atoms with van der Waals surface area (Å²) in [5.74, 6) is 0.758. The van der Waals surface area contributed by atoms with Crippen LogP contribution in [-0.2, 0) is 0 Å². The molecule has 0 unspecified atom stereocenters. The average Bonchev–Trinajstić information content (AvgIpc) is 2.41. The van der Waals surface area contributed by atoms with Crippen molar-refractivity contribution in [2.75, 3.05) is 17.6 Å². The summed E-state index contributed by atoms with van der Waals surface area (Å²) in [7, 11) is 0. The Kier molecular flexibility index (Phi) is 3.75. The van der Waals surface area contributed by atoms with Gasteiger partial charge in [-0.25, -0.2) is 4.98 Å². The van der Waals surface area contributed by atoms with E-state index < -0.39 is 0 Å². The molecule has 0 spiro atoms. The van der Waals surface area contributed by atoms with E-state index in [1.54, 1.807) is 18.3 Å². The molecule has 0 radical (unpaired) electrons. The second-order valence-electron chi connectivity index (χ2n) is 4.23. The monoisotopic (exact) mass is 255 g/mol. The Balaban J connectivity index is 2.38. The third-order valence-corrected chi connectivity index (χ3v) is 2.70. The molecule has 0 atom stereocenters. The normalized spacial score (nSPS) is 10.2. The molecule has 5 nitrogen and oxygen atoms in total. The number of rotatable bonds is 4. The van der Waals surface area contributed by atoms with Crippen molar-refractivity contribution in [1.29, 1.82) is 5.41 Å². The lowest BCUT2D eigenvalue weighted by atomic mass is 10.1. The Hall–Kier alpha value is -2.43. The zero-order valence-corrected chi connectivity index (χ0v) is 11.1. The molecule has 0 aliphatic rings. The first kappa shape index (κ1) is 13.0. The minimum Gasteiger partial charge on any atom is -0.397 e. The zero-order valence-electron chi connectivity index (χ0n) is 11.1. The van der Waals surface area contributed by atoms with Crippen molar-refractivity contribution in [3.8, 4) is 0 Å². The summed E-state index contributed by atoms with van der Waals surface area (Å²) in [5, 5.41) is 11.4. The summed E-state index contributed by atoms with van der Waals surface area (Å²) in [6.45, 7) is 4.67. The fraction of sp³-hybridized carbons (Fsp3) is 0.214. The number of nitrogens with two attached hydrogens (primary N) is 1. The van der Waals surface area contributed by atoms with E-state index in [9.17, 15) is 0 Å². The molecule has 2 heterocycles. The molecule has 2 aromatic rings. The largest absolute Gasteiger partial charge is 0.397 e. The first-order chi connectivity index (χ1) is 9.11. The van der Waals surface area contributed by atoms with E-state index in [-0.39, 0.29) is 0 Å². The molecule has 0 saturated heterocycles. The molecular weight excluding hydrogens is 238 g/mol. The van der Waals surface area contributed by atoms with Gasteiger partial charge in [0.1, 0.15) is 5.82 Å². The predicted molar refractivity (Wildman–Crippen MR) is 77.7 cm³/mol. The van der Waals surface area contributed by atoms with Gasteiger partial charge >= 0.3 is 0 Å². The van der Waals surface area contributed by atoms with Gasteiger partial charge in [0.05, 0.1) is 23.3 Å². The highest BCUT2D eigenvalue weighted by Crippen LogP contribution is 2.16. The molecule has 0 saturated carbocycles. The number of hydrogen-bond donors (Lipinski definition) is 3. The molecule has 5 heteroatoms. The van der Waals surface area contributed by atoms with E-state index in [1.165, 1.54) is 0 Å². The van der Waals surface area contributed by atoms with Crippen LogP contribution in [0.2, 0.25) is 0 Å². The fourth-order valence-corrected chi connectivity index (χ4v) is 1.78. The van der Waals surface area contributed by atoms with Crippen molar-refractivity contribution < 1.29 is 0 Å². The molecule has 2 rings (SSSR count). The smallest absolute Gasteiger partial charge is 0.126 e. The van der Waals surface area contributed by atoms with Gasteiger partial charge in [-0.3, -0.25) is 10.4 Å². The van der Waals surface area contributed by atoms with Gasteiger partial charge in [-0.15, -0.1) is 0 Å². The number of nitrogens with zero attached hydrogens (tertiary/aromatic N) is 2. The number of nitrogen functional groups attached to an aromatic ring is 1. The molecule has 0 fully saturated rings. The summed E-state index contributed by atoms with van der Waals surface area (Å²) in [6.07, 6.45) is 1.58. The summed E-state index contributed by atoms with van der Waals surface area (Å²) >= 11 is 0. The number of hydrogen-bond acceptors (Lipinski definition) is 5. The van der Waals surface area contributed by atoms with Gasteiger partial charge in [0.15, 0.2) is 0 Å². The van der Waals surface area contributed by atoms with Crippen LogP contribution in [0.5, 0.6) is 0 Å². The maximum Gasteiger partial charge on any atom is 0.126 e. The van der Waals surface area contributed by atoms with Gasteiger partial charge < -0.3 is 11.1 Å². The van der Waals surface area contributed by atoms with Crippen LogP contribution in [0.15, 0.2) is 30.5 Å². The zero-order chi connectivity index (χ0) is 13.8. The van der Waals surface area contributed by atoms with Gasteiger partial charge in [0.2, 0.25) is 0 Å². The van der Waals surface area contributed by atoms with E-state index in [0.717, 1.165) is 18.1 Å². The predicted octanol–water partition coefficient (Wildman–Crippen LogP) is 2.22. The standard InChI is InChI=1S/C14H17N5/c1-3-17-13-6-4-5-12(19-13)14(16)10-7-9(2)18-8-11(10)15/h4-8,16H,3,15H2,1-2H3,(H,17,19). The third-order valence-electron chi connectivity index (χ3n) is 2.70. The second-order valence-corrected chi connectivity index (χ2v) is 4.23. The summed E-state index contributed by atoms with van der Waals surface area (Å²) in [5.41, 5.74) is 8.76. The van der Waals surface area contributed by atoms with Crippen LogP contribution in [0.4, 0.5) is 11.5 Å². The van der Waals surface area contributed by atoms with E-state index in [1.807, 2.05) is 26.0 Å². The van der Waals surface area contributed by atoms with Crippen molar-refractivity contribution in [1.82, 2.24) is 9.97 Å². The second kappa shape index (κ2) is 5.48. The number of aryl methyl sites for hydroxylation is 1. The molecule has 0 aromatic carbocycles. The molecule has 98 valence electrons. The molecular formula is C14H17N5. The van der Waals surface area contributed by atoms with Crippen molar-refractivity contribution in [3.63, 3.8) is 0 Å². The number of anilines is 2. The Morgan fingerprint density at radius 3 is 2.95 bits per heavy atom. The summed E-state index contributed by atoms with van der Waals surface area (Å²) in [4.78, 5) is 8.51. The molecule has 0 amide bonds. The van der Waals surface area contributed by atoms with E-state index >= 15 is 0 Å². The number of nitrogens with one attached hydrogen (secondary N) is 2.